The second-order valence-corrected chi connectivity index (χ2v) is 6.79. The van der Waals surface area contributed by atoms with E-state index in [9.17, 15) is 24.2 Å². The Morgan fingerprint density at radius 2 is 2.30 bits per heavy atom. The van der Waals surface area contributed by atoms with Crippen molar-refractivity contribution in [2.75, 3.05) is 12.4 Å². The molecule has 2 aliphatic rings. The summed E-state index contributed by atoms with van der Waals surface area (Å²) in [4.78, 5) is 24.1. The maximum atomic E-state index is 12.1. The van der Waals surface area contributed by atoms with Gasteiger partial charge in [0.15, 0.2) is 0 Å². The van der Waals surface area contributed by atoms with Gasteiger partial charge in [-0.3, -0.25) is 14.1 Å². The number of carboxylic acid groups (broad SMARTS) is 1. The van der Waals surface area contributed by atoms with E-state index in [0.29, 0.717) is 16.4 Å². The van der Waals surface area contributed by atoms with E-state index in [0.717, 1.165) is 4.90 Å². The van der Waals surface area contributed by atoms with Crippen LogP contribution in [0.4, 0.5) is 4.39 Å². The van der Waals surface area contributed by atoms with Gasteiger partial charge in [-0.1, -0.05) is 11.8 Å². The first-order valence-corrected chi connectivity index (χ1v) is 7.67. The number of hydrogen-bond donors (Lipinski definition) is 1. The number of carbonyl (C=O) groups is 2. The first kappa shape index (κ1) is 19.0. The molecule has 0 radical (unpaired) electrons. The molecule has 3 atom stereocenters. The van der Waals surface area contributed by atoms with Gasteiger partial charge in [0.05, 0.1) is 34.6 Å². The minimum atomic E-state index is -1.41. The molecular formula is C11H13FKNO4S2. The number of aliphatic carboxylic acids is 1. The molecule has 106 valence electrons. The summed E-state index contributed by atoms with van der Waals surface area (Å²) in [5, 5.41) is 20.3. The third kappa shape index (κ3) is 3.45. The van der Waals surface area contributed by atoms with E-state index in [-0.39, 0.29) is 62.5 Å². The number of aliphatic hydroxyl groups excluding tert-OH is 1. The first-order valence-electron chi connectivity index (χ1n) is 5.81. The topological polar surface area (TPSA) is 80.7 Å². The van der Waals surface area contributed by atoms with Crippen LogP contribution in [-0.4, -0.2) is 45.8 Å². The van der Waals surface area contributed by atoms with Gasteiger partial charge in [-0.05, 0) is 13.3 Å². The van der Waals surface area contributed by atoms with Crippen LogP contribution >= 0.6 is 23.5 Å². The maximum absolute atomic E-state index is 12.1. The Morgan fingerprint density at radius 3 is 2.80 bits per heavy atom. The third-order valence-electron chi connectivity index (χ3n) is 2.97. The molecule has 1 fully saturated rings. The number of halogens is 1. The van der Waals surface area contributed by atoms with E-state index < -0.39 is 30.6 Å². The fraction of sp³-hybridized carbons (Fsp3) is 0.636. The van der Waals surface area contributed by atoms with E-state index in [1.165, 1.54) is 30.4 Å². The maximum Gasteiger partial charge on any atom is 1.00 e. The van der Waals surface area contributed by atoms with Crippen LogP contribution in [0, 0.1) is 5.92 Å². The number of amides is 1. The van der Waals surface area contributed by atoms with Crippen molar-refractivity contribution >= 4 is 35.4 Å². The molecule has 2 heterocycles. The molecule has 0 aromatic rings. The minimum absolute atomic E-state index is 0. The quantitative estimate of drug-likeness (QED) is 0.312. The molecule has 0 aromatic carbocycles. The number of nitrogens with zero attached hydrogens (tertiary/aromatic N) is 1. The van der Waals surface area contributed by atoms with E-state index in [1.807, 2.05) is 0 Å². The number of aliphatic hydroxyl groups is 1. The van der Waals surface area contributed by atoms with Gasteiger partial charge in [0.1, 0.15) is 5.37 Å². The molecule has 1 saturated heterocycles. The molecule has 2 rings (SSSR count). The first-order chi connectivity index (χ1) is 8.99. The molecule has 9 heteroatoms. The molecule has 20 heavy (non-hydrogen) atoms. The zero-order valence-electron chi connectivity index (χ0n) is 11.2. The number of rotatable bonds is 6. The van der Waals surface area contributed by atoms with Crippen molar-refractivity contribution in [1.29, 1.82) is 0 Å². The second-order valence-electron chi connectivity index (χ2n) is 4.30. The summed E-state index contributed by atoms with van der Waals surface area (Å²) >= 11 is 2.45. The predicted octanol–water partition coefficient (Wildman–Crippen LogP) is -3.09. The van der Waals surface area contributed by atoms with Crippen molar-refractivity contribution in [2.45, 2.75) is 24.8 Å². The van der Waals surface area contributed by atoms with Crippen LogP contribution in [0.3, 0.4) is 0 Å². The van der Waals surface area contributed by atoms with Crippen LogP contribution in [0.2, 0.25) is 0 Å². The summed E-state index contributed by atoms with van der Waals surface area (Å²) in [5.74, 6) is -1.94. The number of thioether (sulfide) groups is 2. The standard InChI is InChI=1S/C11H14FNO4S2.K/c1-5(14)6-8(15)13-7(10(16)17)11(19-9(6)13)18-4-2-3-12;/h5-6,9,14H,2-4H2,1H3,(H,16,17);/q;+1/p-1/t5?,6-,9+;/m0./s1. The van der Waals surface area contributed by atoms with Gasteiger partial charge in [-0.25, -0.2) is 0 Å². The molecule has 0 spiro atoms. The zero-order valence-corrected chi connectivity index (χ0v) is 15.9. The van der Waals surface area contributed by atoms with Crippen molar-refractivity contribution in [1.82, 2.24) is 4.90 Å². The van der Waals surface area contributed by atoms with Crippen LogP contribution in [0.5, 0.6) is 0 Å². The fourth-order valence-electron chi connectivity index (χ4n) is 2.06. The summed E-state index contributed by atoms with van der Waals surface area (Å²) in [6.45, 7) is 1.04. The van der Waals surface area contributed by atoms with Crippen LogP contribution in [-0.2, 0) is 9.59 Å². The largest absolute Gasteiger partial charge is 1.00 e. The number of carboxylic acids is 1. The van der Waals surface area contributed by atoms with Gasteiger partial charge in [0.25, 0.3) is 0 Å². The van der Waals surface area contributed by atoms with Crippen molar-refractivity contribution in [3.8, 4) is 0 Å². The molecule has 0 aliphatic carbocycles. The van der Waals surface area contributed by atoms with Gasteiger partial charge in [0, 0.05) is 5.75 Å². The average Bonchev–Trinajstić information content (AvgIpc) is 2.64. The molecular weight excluding hydrogens is 332 g/mol. The third-order valence-corrected chi connectivity index (χ3v) is 5.71. The summed E-state index contributed by atoms with van der Waals surface area (Å²) in [6.07, 6.45) is -0.493. The Balaban J connectivity index is 0.00000200. The molecule has 5 nitrogen and oxygen atoms in total. The average molecular weight is 345 g/mol. The van der Waals surface area contributed by atoms with Gasteiger partial charge >= 0.3 is 51.4 Å². The molecule has 1 unspecified atom stereocenters. The van der Waals surface area contributed by atoms with Crippen LogP contribution < -0.4 is 56.5 Å². The minimum Gasteiger partial charge on any atom is -0.543 e. The number of fused-ring (bicyclic) bond motifs is 1. The molecule has 1 N–H and O–H groups in total. The van der Waals surface area contributed by atoms with Gasteiger partial charge in [-0.2, -0.15) is 0 Å². The van der Waals surface area contributed by atoms with E-state index in [2.05, 4.69) is 0 Å². The van der Waals surface area contributed by atoms with Crippen LogP contribution in [0.15, 0.2) is 9.93 Å². The van der Waals surface area contributed by atoms with E-state index in [1.54, 1.807) is 0 Å². The Morgan fingerprint density at radius 1 is 1.65 bits per heavy atom. The monoisotopic (exact) mass is 345 g/mol. The summed E-state index contributed by atoms with van der Waals surface area (Å²) in [7, 11) is 0. The Bertz CT molecular complexity index is 446. The molecule has 0 aromatic heterocycles. The number of β-lactam (4-membered cyclic amide) rings is 1. The smallest absolute Gasteiger partial charge is 0.543 e. The summed E-state index contributed by atoms with van der Waals surface area (Å²) < 4.78 is 12.5. The van der Waals surface area contributed by atoms with Gasteiger partial charge in [-0.15, -0.1) is 11.8 Å². The number of hydrogen-bond acceptors (Lipinski definition) is 6. The van der Waals surface area contributed by atoms with Crippen molar-refractivity contribution in [3.63, 3.8) is 0 Å². The van der Waals surface area contributed by atoms with Crippen molar-refractivity contribution in [2.24, 2.45) is 5.92 Å². The van der Waals surface area contributed by atoms with Crippen molar-refractivity contribution < 1.29 is 75.6 Å². The number of carbonyl (C=O) groups excluding carboxylic acids is 2. The Labute approximate surface area is 167 Å². The molecule has 0 saturated carbocycles. The van der Waals surface area contributed by atoms with Crippen LogP contribution in [0.25, 0.3) is 0 Å². The summed E-state index contributed by atoms with van der Waals surface area (Å²) in [5.41, 5.74) is -0.138. The molecule has 0 bridgehead atoms. The predicted molar refractivity (Wildman–Crippen MR) is 68.5 cm³/mol. The van der Waals surface area contributed by atoms with E-state index in [4.69, 9.17) is 0 Å². The Hall–Kier alpha value is 0.906. The zero-order chi connectivity index (χ0) is 14.2. The second kappa shape index (κ2) is 7.96. The van der Waals surface area contributed by atoms with Crippen LogP contribution in [0.1, 0.15) is 13.3 Å². The van der Waals surface area contributed by atoms with Gasteiger partial charge < -0.3 is 15.0 Å². The van der Waals surface area contributed by atoms with Gasteiger partial charge in [0.2, 0.25) is 5.91 Å². The SMILES string of the molecule is CC(O)[C@H]1C(=O)N2C(C(=O)[O-])=C(SCCCF)S[C@H]12.[K+]. The molecule has 2 aliphatic heterocycles. The summed E-state index contributed by atoms with van der Waals surface area (Å²) in [6, 6.07) is 0. The number of alkyl halides is 1. The normalized spacial score (nSPS) is 25.9. The fourth-order valence-corrected chi connectivity index (χ4v) is 4.95. The van der Waals surface area contributed by atoms with E-state index >= 15 is 0 Å². The van der Waals surface area contributed by atoms with Crippen molar-refractivity contribution in [3.05, 3.63) is 9.93 Å². The Kier molecular flexibility index (Phi) is 7.54. The molecule has 1 amide bonds.